The maximum atomic E-state index is 5.35. The third kappa shape index (κ3) is 6.02. The monoisotopic (exact) mass is 148 g/mol. The van der Waals surface area contributed by atoms with Gasteiger partial charge in [-0.3, -0.25) is 0 Å². The average molecular weight is 148 g/mol. The van der Waals surface area contributed by atoms with E-state index in [-0.39, 0.29) is 16.1 Å². The van der Waals surface area contributed by atoms with Crippen molar-refractivity contribution in [3.8, 4) is 0 Å². The molecular formula is C6H16O2Si. The second-order valence-corrected chi connectivity index (χ2v) is 3.48. The minimum atomic E-state index is -0.272. The number of methoxy groups -OCH3 is 1. The van der Waals surface area contributed by atoms with E-state index in [1.807, 2.05) is 6.92 Å². The quantitative estimate of drug-likeness (QED) is 0.328. The van der Waals surface area contributed by atoms with Crippen LogP contribution in [0.3, 0.4) is 0 Å². The van der Waals surface area contributed by atoms with E-state index in [0.717, 1.165) is 0 Å². The second kappa shape index (κ2) is 6.26. The van der Waals surface area contributed by atoms with Gasteiger partial charge in [-0.1, -0.05) is 13.3 Å². The molecule has 0 saturated carbocycles. The number of hydrogen-bond donors (Lipinski definition) is 0. The van der Waals surface area contributed by atoms with E-state index >= 15 is 0 Å². The molecule has 0 rings (SSSR count). The summed E-state index contributed by atoms with van der Waals surface area (Å²) in [5.74, 6) is 0. The fourth-order valence-corrected chi connectivity index (χ4v) is 1.39. The molecule has 0 aliphatic rings. The molecule has 0 bridgehead atoms. The fourth-order valence-electron chi connectivity index (χ4n) is 0.462. The molecule has 0 saturated heterocycles. The van der Waals surface area contributed by atoms with Crippen LogP contribution >= 0.6 is 0 Å². The minimum Gasteiger partial charge on any atom is -0.400 e. The topological polar surface area (TPSA) is 18.5 Å². The normalized spacial score (nSPS) is 15.0. The van der Waals surface area contributed by atoms with Gasteiger partial charge in [0.05, 0.1) is 0 Å². The number of rotatable bonds is 5. The molecule has 9 heavy (non-hydrogen) atoms. The van der Waals surface area contributed by atoms with Gasteiger partial charge in [-0.15, -0.1) is 0 Å². The molecule has 0 aromatic carbocycles. The Balaban J connectivity index is 2.88. The zero-order valence-corrected chi connectivity index (χ0v) is 7.93. The van der Waals surface area contributed by atoms with E-state index < -0.39 is 0 Å². The Morgan fingerprint density at radius 2 is 2.22 bits per heavy atom. The lowest BCUT2D eigenvalue weighted by molar-refractivity contribution is -0.0371. The predicted molar refractivity (Wildman–Crippen MR) is 41.2 cm³/mol. The molecule has 0 radical (unpaired) electrons. The lowest BCUT2D eigenvalue weighted by Crippen LogP contribution is -2.12. The van der Waals surface area contributed by atoms with Gasteiger partial charge in [-0.25, -0.2) is 0 Å². The molecule has 0 aromatic rings. The number of ether oxygens (including phenoxy) is 1. The van der Waals surface area contributed by atoms with Crippen molar-refractivity contribution in [2.24, 2.45) is 0 Å². The van der Waals surface area contributed by atoms with E-state index in [1.54, 1.807) is 7.11 Å². The van der Waals surface area contributed by atoms with Crippen LogP contribution in [0.2, 0.25) is 6.04 Å². The summed E-state index contributed by atoms with van der Waals surface area (Å²) in [6.45, 7) is 4.11. The van der Waals surface area contributed by atoms with Crippen molar-refractivity contribution in [1.29, 1.82) is 0 Å². The van der Waals surface area contributed by atoms with Gasteiger partial charge in [0, 0.05) is 7.11 Å². The molecule has 3 heteroatoms. The van der Waals surface area contributed by atoms with Gasteiger partial charge in [-0.05, 0) is 13.0 Å². The van der Waals surface area contributed by atoms with Crippen LogP contribution in [0.4, 0.5) is 0 Å². The Bertz CT molecular complexity index is 59.0. The zero-order valence-electron chi connectivity index (χ0n) is 6.52. The molecule has 56 valence electrons. The summed E-state index contributed by atoms with van der Waals surface area (Å²) in [5.41, 5.74) is 0. The SMILES string of the molecule is CCC[SiH2]OC(C)OC. The highest BCUT2D eigenvalue weighted by molar-refractivity contribution is 6.27. The summed E-state index contributed by atoms with van der Waals surface area (Å²) in [7, 11) is 1.40. The Morgan fingerprint density at radius 1 is 1.56 bits per heavy atom. The smallest absolute Gasteiger partial charge is 0.165 e. The molecule has 2 nitrogen and oxygen atoms in total. The minimum absolute atomic E-state index is 0.0169. The molecule has 1 atom stereocenters. The van der Waals surface area contributed by atoms with E-state index in [2.05, 4.69) is 6.92 Å². The van der Waals surface area contributed by atoms with E-state index in [4.69, 9.17) is 9.16 Å². The van der Waals surface area contributed by atoms with Gasteiger partial charge in [0.25, 0.3) is 0 Å². The second-order valence-electron chi connectivity index (χ2n) is 2.03. The largest absolute Gasteiger partial charge is 0.400 e. The first-order valence-corrected chi connectivity index (χ1v) is 5.03. The van der Waals surface area contributed by atoms with Crippen LogP contribution < -0.4 is 0 Å². The van der Waals surface area contributed by atoms with Crippen LogP contribution in [0.5, 0.6) is 0 Å². The van der Waals surface area contributed by atoms with Gasteiger partial charge in [0.2, 0.25) is 0 Å². The highest BCUT2D eigenvalue weighted by Crippen LogP contribution is 1.92. The molecule has 0 heterocycles. The molecule has 0 spiro atoms. The van der Waals surface area contributed by atoms with Gasteiger partial charge < -0.3 is 9.16 Å². The third-order valence-electron chi connectivity index (χ3n) is 1.18. The van der Waals surface area contributed by atoms with Crippen molar-refractivity contribution >= 4 is 9.76 Å². The van der Waals surface area contributed by atoms with Crippen molar-refractivity contribution in [3.05, 3.63) is 0 Å². The van der Waals surface area contributed by atoms with Crippen molar-refractivity contribution in [1.82, 2.24) is 0 Å². The Labute approximate surface area is 59.5 Å². The van der Waals surface area contributed by atoms with E-state index in [9.17, 15) is 0 Å². The van der Waals surface area contributed by atoms with Crippen LogP contribution in [-0.2, 0) is 9.16 Å². The van der Waals surface area contributed by atoms with Gasteiger partial charge in [-0.2, -0.15) is 0 Å². The highest BCUT2D eigenvalue weighted by Gasteiger charge is 1.95. The van der Waals surface area contributed by atoms with E-state index in [1.165, 1.54) is 12.5 Å². The molecule has 0 aliphatic carbocycles. The van der Waals surface area contributed by atoms with Gasteiger partial charge >= 0.3 is 0 Å². The first-order chi connectivity index (χ1) is 4.31. The Morgan fingerprint density at radius 3 is 2.67 bits per heavy atom. The summed E-state index contributed by atoms with van der Waals surface area (Å²) in [6.07, 6.45) is 1.26. The molecular weight excluding hydrogens is 132 g/mol. The summed E-state index contributed by atoms with van der Waals surface area (Å²) in [4.78, 5) is 0. The highest BCUT2D eigenvalue weighted by atomic mass is 28.2. The summed E-state index contributed by atoms with van der Waals surface area (Å²) < 4.78 is 10.3. The maximum Gasteiger partial charge on any atom is 0.165 e. The standard InChI is InChI=1S/C6H16O2Si/c1-4-5-9-8-6(2)7-3/h6H,4-5,9H2,1-3H3. The van der Waals surface area contributed by atoms with Gasteiger partial charge in [0.15, 0.2) is 9.76 Å². The first-order valence-electron chi connectivity index (χ1n) is 3.45. The van der Waals surface area contributed by atoms with Crippen LogP contribution in [0.1, 0.15) is 20.3 Å². The maximum absolute atomic E-state index is 5.35. The number of hydrogen-bond acceptors (Lipinski definition) is 2. The van der Waals surface area contributed by atoms with E-state index in [0.29, 0.717) is 0 Å². The average Bonchev–Trinajstić information content (AvgIpc) is 1.89. The summed E-state index contributed by atoms with van der Waals surface area (Å²) in [5, 5.41) is 0. The van der Waals surface area contributed by atoms with Crippen LogP contribution in [0.15, 0.2) is 0 Å². The summed E-state index contributed by atoms with van der Waals surface area (Å²) in [6, 6.07) is 1.26. The predicted octanol–water partition coefficient (Wildman–Crippen LogP) is 0.907. The lowest BCUT2D eigenvalue weighted by Gasteiger charge is -2.09. The van der Waals surface area contributed by atoms with Crippen LogP contribution in [0.25, 0.3) is 0 Å². The first kappa shape index (κ1) is 9.14. The molecule has 0 amide bonds. The molecule has 0 fully saturated rings. The molecule has 0 N–H and O–H groups in total. The van der Waals surface area contributed by atoms with Gasteiger partial charge in [0.1, 0.15) is 6.29 Å². The molecule has 1 unspecified atom stereocenters. The van der Waals surface area contributed by atoms with Crippen molar-refractivity contribution < 1.29 is 9.16 Å². The Hall–Kier alpha value is 0.137. The van der Waals surface area contributed by atoms with Crippen molar-refractivity contribution in [2.75, 3.05) is 7.11 Å². The van der Waals surface area contributed by atoms with Crippen molar-refractivity contribution in [2.45, 2.75) is 32.6 Å². The van der Waals surface area contributed by atoms with Crippen molar-refractivity contribution in [3.63, 3.8) is 0 Å². The Kier molecular flexibility index (Phi) is 6.35. The third-order valence-corrected chi connectivity index (χ3v) is 2.88. The molecule has 0 aromatic heterocycles. The zero-order chi connectivity index (χ0) is 7.11. The fraction of sp³-hybridized carbons (Fsp3) is 1.00. The summed E-state index contributed by atoms with van der Waals surface area (Å²) >= 11 is 0. The molecule has 0 aliphatic heterocycles. The lowest BCUT2D eigenvalue weighted by atomic mass is 10.6. The van der Waals surface area contributed by atoms with Crippen LogP contribution in [-0.4, -0.2) is 23.2 Å². The van der Waals surface area contributed by atoms with Crippen LogP contribution in [0, 0.1) is 0 Å².